The number of carbonyl (C=O) groups excluding carboxylic acids is 1. The van der Waals surface area contributed by atoms with E-state index in [0.717, 1.165) is 35.1 Å². The second-order valence-corrected chi connectivity index (χ2v) is 7.48. The zero-order valence-electron chi connectivity index (χ0n) is 14.2. The van der Waals surface area contributed by atoms with Gasteiger partial charge >= 0.3 is 0 Å². The predicted molar refractivity (Wildman–Crippen MR) is 95.4 cm³/mol. The molecule has 8 heteroatoms. The topological polar surface area (TPSA) is 90.6 Å². The van der Waals surface area contributed by atoms with Crippen LogP contribution in [0.1, 0.15) is 60.8 Å². The number of nitrogens with zero attached hydrogens (tertiary/aromatic N) is 4. The Balaban J connectivity index is 1.56. The van der Waals surface area contributed by atoms with E-state index >= 15 is 0 Å². The third-order valence-electron chi connectivity index (χ3n) is 4.45. The summed E-state index contributed by atoms with van der Waals surface area (Å²) in [6.45, 7) is 4.82. The standard InChI is InChI=1S/C17H20N6OS/c1-10(2)15-18-16(22-21-15)13-5-3-7-23(13)17(24)12-9-11(19-20-12)14-6-4-8-25-14/h4,6,8-10,13H,3,5,7H2,1-2H3,(H,19,20)(H,18,21,22). The predicted octanol–water partition coefficient (Wildman–Crippen LogP) is 3.36. The van der Waals surface area contributed by atoms with Crippen LogP contribution in [0.3, 0.4) is 0 Å². The summed E-state index contributed by atoms with van der Waals surface area (Å²) < 4.78 is 0. The van der Waals surface area contributed by atoms with Gasteiger partial charge in [0.1, 0.15) is 5.82 Å². The number of thiophene rings is 1. The van der Waals surface area contributed by atoms with E-state index in [1.165, 1.54) is 0 Å². The second-order valence-electron chi connectivity index (χ2n) is 6.53. The van der Waals surface area contributed by atoms with Gasteiger partial charge in [0.2, 0.25) is 0 Å². The maximum atomic E-state index is 12.9. The van der Waals surface area contributed by atoms with Crippen molar-refractivity contribution in [1.82, 2.24) is 30.3 Å². The molecular weight excluding hydrogens is 336 g/mol. The third kappa shape index (κ3) is 2.97. The van der Waals surface area contributed by atoms with E-state index in [2.05, 4.69) is 39.2 Å². The Bertz CT molecular complexity index is 865. The van der Waals surface area contributed by atoms with E-state index in [9.17, 15) is 4.79 Å². The number of amides is 1. The first-order valence-electron chi connectivity index (χ1n) is 8.46. The van der Waals surface area contributed by atoms with Gasteiger partial charge < -0.3 is 4.90 Å². The van der Waals surface area contributed by atoms with Crippen molar-refractivity contribution in [3.8, 4) is 10.6 Å². The van der Waals surface area contributed by atoms with E-state index < -0.39 is 0 Å². The fourth-order valence-corrected chi connectivity index (χ4v) is 3.82. The highest BCUT2D eigenvalue weighted by Gasteiger charge is 2.34. The van der Waals surface area contributed by atoms with Gasteiger partial charge in [0.05, 0.1) is 16.6 Å². The van der Waals surface area contributed by atoms with E-state index in [1.807, 2.05) is 28.5 Å². The molecule has 130 valence electrons. The lowest BCUT2D eigenvalue weighted by atomic mass is 10.2. The van der Waals surface area contributed by atoms with Gasteiger partial charge in [-0.1, -0.05) is 19.9 Å². The molecule has 0 bridgehead atoms. The van der Waals surface area contributed by atoms with Crippen molar-refractivity contribution >= 4 is 17.2 Å². The number of nitrogens with one attached hydrogen (secondary N) is 2. The molecule has 2 N–H and O–H groups in total. The molecule has 7 nitrogen and oxygen atoms in total. The molecular formula is C17H20N6OS. The highest BCUT2D eigenvalue weighted by molar-refractivity contribution is 7.13. The van der Waals surface area contributed by atoms with Crippen molar-refractivity contribution in [3.63, 3.8) is 0 Å². The molecule has 0 spiro atoms. The monoisotopic (exact) mass is 356 g/mol. The number of aromatic amines is 2. The number of rotatable bonds is 4. The van der Waals surface area contributed by atoms with Gasteiger partial charge in [0.25, 0.3) is 5.91 Å². The summed E-state index contributed by atoms with van der Waals surface area (Å²) in [5.41, 5.74) is 1.31. The molecule has 4 rings (SSSR count). The molecule has 3 aromatic rings. The third-order valence-corrected chi connectivity index (χ3v) is 5.35. The quantitative estimate of drug-likeness (QED) is 0.750. The normalized spacial score (nSPS) is 17.6. The molecule has 1 atom stereocenters. The Morgan fingerprint density at radius 3 is 2.96 bits per heavy atom. The first-order chi connectivity index (χ1) is 12.1. The second kappa shape index (κ2) is 6.44. The fourth-order valence-electron chi connectivity index (χ4n) is 3.13. The van der Waals surface area contributed by atoms with Gasteiger partial charge in [-0.15, -0.1) is 11.3 Å². The molecule has 25 heavy (non-hydrogen) atoms. The van der Waals surface area contributed by atoms with Crippen molar-refractivity contribution in [2.45, 2.75) is 38.6 Å². The largest absolute Gasteiger partial charge is 0.327 e. The number of hydrogen-bond donors (Lipinski definition) is 2. The Labute approximate surface area is 149 Å². The summed E-state index contributed by atoms with van der Waals surface area (Å²) in [6, 6.07) is 5.75. The zero-order chi connectivity index (χ0) is 17.4. The molecule has 0 aromatic carbocycles. The van der Waals surface area contributed by atoms with E-state index in [-0.39, 0.29) is 17.9 Å². The molecule has 0 aliphatic carbocycles. The Hall–Kier alpha value is -2.48. The Morgan fingerprint density at radius 1 is 1.36 bits per heavy atom. The van der Waals surface area contributed by atoms with Crippen LogP contribution in [0.5, 0.6) is 0 Å². The Morgan fingerprint density at radius 2 is 2.24 bits per heavy atom. The van der Waals surface area contributed by atoms with Crippen molar-refractivity contribution in [1.29, 1.82) is 0 Å². The summed E-state index contributed by atoms with van der Waals surface area (Å²) in [5, 5.41) is 16.5. The van der Waals surface area contributed by atoms with Crippen LogP contribution in [0.2, 0.25) is 0 Å². The first kappa shape index (κ1) is 16.0. The van der Waals surface area contributed by atoms with E-state index in [0.29, 0.717) is 12.2 Å². The fraction of sp³-hybridized carbons (Fsp3) is 0.412. The average molecular weight is 356 g/mol. The molecule has 1 unspecified atom stereocenters. The summed E-state index contributed by atoms with van der Waals surface area (Å²) in [4.78, 5) is 20.4. The van der Waals surface area contributed by atoms with Gasteiger partial charge in [0, 0.05) is 12.5 Å². The SMILES string of the molecule is CC(C)c1n[nH]c(C2CCCN2C(=O)c2cc(-c3cccs3)[nH]n2)n1. The van der Waals surface area contributed by atoms with Gasteiger partial charge in [-0.3, -0.25) is 15.0 Å². The summed E-state index contributed by atoms with van der Waals surface area (Å²) in [7, 11) is 0. The Kier molecular flexibility index (Phi) is 4.12. The van der Waals surface area contributed by atoms with Gasteiger partial charge in [-0.25, -0.2) is 4.98 Å². The molecule has 1 fully saturated rings. The van der Waals surface area contributed by atoms with Crippen LogP contribution in [0.15, 0.2) is 23.6 Å². The number of likely N-dealkylation sites (tertiary alicyclic amines) is 1. The van der Waals surface area contributed by atoms with Crippen molar-refractivity contribution in [3.05, 3.63) is 40.9 Å². The van der Waals surface area contributed by atoms with Crippen LogP contribution in [0.25, 0.3) is 10.6 Å². The summed E-state index contributed by atoms with van der Waals surface area (Å²) in [5.74, 6) is 1.75. The smallest absolute Gasteiger partial charge is 0.274 e. The molecule has 3 aromatic heterocycles. The van der Waals surface area contributed by atoms with Crippen molar-refractivity contribution in [2.24, 2.45) is 0 Å². The lowest BCUT2D eigenvalue weighted by Gasteiger charge is -2.21. The van der Waals surface area contributed by atoms with E-state index in [4.69, 9.17) is 0 Å². The molecule has 1 aliphatic rings. The van der Waals surface area contributed by atoms with Crippen molar-refractivity contribution < 1.29 is 4.79 Å². The zero-order valence-corrected chi connectivity index (χ0v) is 15.0. The van der Waals surface area contributed by atoms with Crippen molar-refractivity contribution in [2.75, 3.05) is 6.54 Å². The van der Waals surface area contributed by atoms with Crippen LogP contribution in [0, 0.1) is 0 Å². The highest BCUT2D eigenvalue weighted by Crippen LogP contribution is 2.32. The first-order valence-corrected chi connectivity index (χ1v) is 9.34. The lowest BCUT2D eigenvalue weighted by molar-refractivity contribution is 0.0724. The van der Waals surface area contributed by atoms with Gasteiger partial charge in [-0.2, -0.15) is 10.2 Å². The minimum atomic E-state index is -0.0657. The van der Waals surface area contributed by atoms with Crippen LogP contribution in [-0.4, -0.2) is 42.7 Å². The highest BCUT2D eigenvalue weighted by atomic mass is 32.1. The summed E-state index contributed by atoms with van der Waals surface area (Å²) in [6.07, 6.45) is 1.84. The molecule has 0 saturated carbocycles. The molecule has 1 saturated heterocycles. The number of carbonyl (C=O) groups is 1. The van der Waals surface area contributed by atoms with E-state index in [1.54, 1.807) is 11.3 Å². The van der Waals surface area contributed by atoms with Crippen LogP contribution >= 0.6 is 11.3 Å². The average Bonchev–Trinajstić information content (AvgIpc) is 3.41. The van der Waals surface area contributed by atoms with Crippen LogP contribution in [-0.2, 0) is 0 Å². The van der Waals surface area contributed by atoms with Gasteiger partial charge in [-0.05, 0) is 30.4 Å². The van der Waals surface area contributed by atoms with Gasteiger partial charge in [0.15, 0.2) is 11.5 Å². The van der Waals surface area contributed by atoms with Crippen LogP contribution < -0.4 is 0 Å². The maximum absolute atomic E-state index is 12.9. The number of hydrogen-bond acceptors (Lipinski definition) is 5. The summed E-state index contributed by atoms with van der Waals surface area (Å²) >= 11 is 1.62. The molecule has 1 amide bonds. The minimum absolute atomic E-state index is 0.0608. The molecule has 1 aliphatic heterocycles. The molecule has 0 radical (unpaired) electrons. The number of H-pyrrole nitrogens is 2. The molecule has 4 heterocycles. The maximum Gasteiger partial charge on any atom is 0.274 e. The minimum Gasteiger partial charge on any atom is -0.327 e. The van der Waals surface area contributed by atoms with Crippen LogP contribution in [0.4, 0.5) is 0 Å². The lowest BCUT2D eigenvalue weighted by Crippen LogP contribution is -2.31. The number of aromatic nitrogens is 5.